The van der Waals surface area contributed by atoms with Crippen molar-refractivity contribution in [1.82, 2.24) is 10.2 Å². The van der Waals surface area contributed by atoms with Crippen molar-refractivity contribution >= 4 is 50.7 Å². The lowest BCUT2D eigenvalue weighted by Crippen LogP contribution is -2.52. The van der Waals surface area contributed by atoms with Crippen LogP contribution in [0.4, 0.5) is 5.69 Å². The molecule has 0 fully saturated rings. The standard InChI is InChI=1S/C31H37Cl2N3O5S/c1-5-27(31(38)34-19-22(3)4)35(20-23-16-17-25(32)26(33)18-23)30(37)21-36(28-14-10-11-15-29(28)41-6-2)42(39,40)24-12-8-7-9-13-24/h7-18,22,27H,5-6,19-21H2,1-4H3,(H,34,38)/t27-/m1/s1. The molecule has 0 radical (unpaired) electrons. The number of rotatable bonds is 14. The third-order valence-corrected chi connectivity index (χ3v) is 8.96. The molecule has 2 amide bonds. The normalized spacial score (nSPS) is 12.1. The smallest absolute Gasteiger partial charge is 0.264 e. The first kappa shape index (κ1) is 33.2. The zero-order valence-corrected chi connectivity index (χ0v) is 26.5. The zero-order valence-electron chi connectivity index (χ0n) is 24.2. The minimum absolute atomic E-state index is 0.00958. The molecule has 0 spiro atoms. The van der Waals surface area contributed by atoms with E-state index >= 15 is 0 Å². The largest absolute Gasteiger partial charge is 0.492 e. The lowest BCUT2D eigenvalue weighted by molar-refractivity contribution is -0.140. The van der Waals surface area contributed by atoms with E-state index in [-0.39, 0.29) is 29.0 Å². The molecule has 3 aromatic carbocycles. The Morgan fingerprint density at radius 1 is 0.929 bits per heavy atom. The van der Waals surface area contributed by atoms with Crippen LogP contribution in [0.3, 0.4) is 0 Å². The summed E-state index contributed by atoms with van der Waals surface area (Å²) in [6.45, 7) is 7.70. The Morgan fingerprint density at radius 2 is 1.60 bits per heavy atom. The summed E-state index contributed by atoms with van der Waals surface area (Å²) in [6, 6.07) is 18.6. The predicted octanol–water partition coefficient (Wildman–Crippen LogP) is 6.17. The van der Waals surface area contributed by atoms with Crippen molar-refractivity contribution in [3.63, 3.8) is 0 Å². The second-order valence-corrected chi connectivity index (χ2v) is 12.7. The van der Waals surface area contributed by atoms with E-state index in [1.807, 2.05) is 13.8 Å². The van der Waals surface area contributed by atoms with Crippen molar-refractivity contribution in [3.8, 4) is 5.75 Å². The van der Waals surface area contributed by atoms with Gasteiger partial charge in [-0.2, -0.15) is 0 Å². The van der Waals surface area contributed by atoms with Crippen molar-refractivity contribution in [2.75, 3.05) is 24.0 Å². The number of carbonyl (C=O) groups is 2. The van der Waals surface area contributed by atoms with Gasteiger partial charge in [0.15, 0.2) is 0 Å². The Labute approximate surface area is 258 Å². The second kappa shape index (κ2) is 15.3. The van der Waals surface area contributed by atoms with Gasteiger partial charge in [0.1, 0.15) is 18.3 Å². The average molecular weight is 635 g/mol. The number of benzene rings is 3. The van der Waals surface area contributed by atoms with Crippen molar-refractivity contribution in [3.05, 3.63) is 88.4 Å². The van der Waals surface area contributed by atoms with Gasteiger partial charge in [-0.3, -0.25) is 13.9 Å². The Morgan fingerprint density at radius 3 is 2.21 bits per heavy atom. The van der Waals surface area contributed by atoms with E-state index in [9.17, 15) is 18.0 Å². The van der Waals surface area contributed by atoms with Crippen LogP contribution in [-0.2, 0) is 26.2 Å². The lowest BCUT2D eigenvalue weighted by Gasteiger charge is -2.33. The van der Waals surface area contributed by atoms with E-state index in [1.165, 1.54) is 17.0 Å². The molecule has 3 aromatic rings. The summed E-state index contributed by atoms with van der Waals surface area (Å²) in [5.74, 6) is -0.387. The van der Waals surface area contributed by atoms with Gasteiger partial charge in [-0.05, 0) is 61.2 Å². The monoisotopic (exact) mass is 633 g/mol. The van der Waals surface area contributed by atoms with Gasteiger partial charge >= 0.3 is 0 Å². The molecular weight excluding hydrogens is 597 g/mol. The summed E-state index contributed by atoms with van der Waals surface area (Å²) in [4.78, 5) is 29.0. The number of nitrogens with one attached hydrogen (secondary N) is 1. The van der Waals surface area contributed by atoms with Gasteiger partial charge in [0.25, 0.3) is 10.0 Å². The number of halogens is 2. The molecule has 0 aliphatic carbocycles. The molecule has 0 aliphatic heterocycles. The van der Waals surface area contributed by atoms with E-state index in [0.29, 0.717) is 40.9 Å². The molecule has 0 bridgehead atoms. The van der Waals surface area contributed by atoms with Crippen molar-refractivity contribution in [2.45, 2.75) is 51.6 Å². The third-order valence-electron chi connectivity index (χ3n) is 6.45. The number of hydrogen-bond acceptors (Lipinski definition) is 5. The summed E-state index contributed by atoms with van der Waals surface area (Å²) in [6.07, 6.45) is 0.304. The molecule has 226 valence electrons. The van der Waals surface area contributed by atoms with Crippen LogP contribution in [0.15, 0.2) is 77.7 Å². The molecule has 0 unspecified atom stereocenters. The SMILES string of the molecule is CCOc1ccccc1N(CC(=O)N(Cc1ccc(Cl)c(Cl)c1)[C@H](CC)C(=O)NCC(C)C)S(=O)(=O)c1ccccc1. The number of hydrogen-bond donors (Lipinski definition) is 1. The van der Waals surface area contributed by atoms with Gasteiger partial charge in [0.2, 0.25) is 11.8 Å². The topological polar surface area (TPSA) is 96.0 Å². The average Bonchev–Trinajstić information content (AvgIpc) is 2.97. The van der Waals surface area contributed by atoms with Gasteiger partial charge in [-0.15, -0.1) is 0 Å². The molecule has 3 rings (SSSR count). The van der Waals surface area contributed by atoms with Crippen molar-refractivity contribution in [1.29, 1.82) is 0 Å². The number of nitrogens with zero attached hydrogens (tertiary/aromatic N) is 2. The fourth-order valence-corrected chi connectivity index (χ4v) is 6.12. The van der Waals surface area contributed by atoms with Crippen LogP contribution in [0.5, 0.6) is 5.75 Å². The number of anilines is 1. The molecule has 0 heterocycles. The predicted molar refractivity (Wildman–Crippen MR) is 168 cm³/mol. The highest BCUT2D eigenvalue weighted by atomic mass is 35.5. The maximum absolute atomic E-state index is 14.2. The Hall–Kier alpha value is -3.27. The Bertz CT molecular complexity index is 1470. The van der Waals surface area contributed by atoms with Crippen LogP contribution < -0.4 is 14.4 Å². The molecule has 11 heteroatoms. The van der Waals surface area contributed by atoms with Crippen molar-refractivity contribution in [2.24, 2.45) is 5.92 Å². The quantitative estimate of drug-likeness (QED) is 0.229. The summed E-state index contributed by atoms with van der Waals surface area (Å²) in [7, 11) is -4.22. The minimum Gasteiger partial charge on any atom is -0.492 e. The van der Waals surface area contributed by atoms with E-state index in [1.54, 1.807) is 74.5 Å². The lowest BCUT2D eigenvalue weighted by atomic mass is 10.1. The molecular formula is C31H37Cl2N3O5S. The van der Waals surface area contributed by atoms with Gasteiger partial charge < -0.3 is 15.0 Å². The summed E-state index contributed by atoms with van der Waals surface area (Å²) in [5.41, 5.74) is 0.850. The van der Waals surface area contributed by atoms with Crippen LogP contribution in [0.25, 0.3) is 0 Å². The van der Waals surface area contributed by atoms with Gasteiger partial charge in [0, 0.05) is 13.1 Å². The fourth-order valence-electron chi connectivity index (χ4n) is 4.35. The molecule has 1 N–H and O–H groups in total. The number of para-hydroxylation sites is 2. The first-order valence-corrected chi connectivity index (χ1v) is 16.0. The minimum atomic E-state index is -4.22. The van der Waals surface area contributed by atoms with Crippen LogP contribution in [0.1, 0.15) is 39.7 Å². The van der Waals surface area contributed by atoms with Gasteiger partial charge in [0.05, 0.1) is 27.2 Å². The maximum atomic E-state index is 14.2. The van der Waals surface area contributed by atoms with E-state index < -0.39 is 28.5 Å². The van der Waals surface area contributed by atoms with Gasteiger partial charge in [-0.25, -0.2) is 8.42 Å². The molecule has 1 atom stereocenters. The second-order valence-electron chi connectivity index (χ2n) is 10.1. The van der Waals surface area contributed by atoms with E-state index in [4.69, 9.17) is 27.9 Å². The van der Waals surface area contributed by atoms with Gasteiger partial charge in [-0.1, -0.05) is 80.4 Å². The van der Waals surface area contributed by atoms with Crippen LogP contribution in [0.2, 0.25) is 10.0 Å². The highest BCUT2D eigenvalue weighted by Gasteiger charge is 2.34. The first-order valence-electron chi connectivity index (χ1n) is 13.8. The first-order chi connectivity index (χ1) is 20.0. The van der Waals surface area contributed by atoms with E-state index in [2.05, 4.69) is 5.32 Å². The molecule has 42 heavy (non-hydrogen) atoms. The van der Waals surface area contributed by atoms with E-state index in [0.717, 1.165) is 4.31 Å². The molecule has 0 aliphatic rings. The third kappa shape index (κ3) is 8.40. The highest BCUT2D eigenvalue weighted by molar-refractivity contribution is 7.92. The Balaban J connectivity index is 2.10. The van der Waals surface area contributed by atoms with Crippen LogP contribution >= 0.6 is 23.2 Å². The summed E-state index contributed by atoms with van der Waals surface area (Å²) >= 11 is 12.4. The van der Waals surface area contributed by atoms with Crippen molar-refractivity contribution < 1.29 is 22.7 Å². The molecule has 8 nitrogen and oxygen atoms in total. The highest BCUT2D eigenvalue weighted by Crippen LogP contribution is 2.33. The molecule has 0 saturated heterocycles. The summed E-state index contributed by atoms with van der Waals surface area (Å²) < 4.78 is 34.8. The maximum Gasteiger partial charge on any atom is 0.264 e. The number of ether oxygens (including phenoxy) is 1. The van der Waals surface area contributed by atoms with Crippen LogP contribution in [0, 0.1) is 5.92 Å². The fraction of sp³-hybridized carbons (Fsp3) is 0.355. The number of carbonyl (C=O) groups excluding carboxylic acids is 2. The zero-order chi connectivity index (χ0) is 30.9. The number of sulfonamides is 1. The van der Waals surface area contributed by atoms with Crippen LogP contribution in [-0.4, -0.2) is 50.9 Å². The number of amides is 2. The summed E-state index contributed by atoms with van der Waals surface area (Å²) in [5, 5.41) is 3.57. The Kier molecular flexibility index (Phi) is 12.1. The molecule has 0 aromatic heterocycles. The molecule has 0 saturated carbocycles.